The zero-order valence-electron chi connectivity index (χ0n) is 16.0. The Labute approximate surface area is 175 Å². The highest BCUT2D eigenvalue weighted by Crippen LogP contribution is 2.30. The van der Waals surface area contributed by atoms with E-state index in [0.29, 0.717) is 31.0 Å². The quantitative estimate of drug-likeness (QED) is 0.540. The van der Waals surface area contributed by atoms with E-state index in [1.807, 2.05) is 48.2 Å². The van der Waals surface area contributed by atoms with Gasteiger partial charge in [0.05, 0.1) is 10.3 Å². The van der Waals surface area contributed by atoms with Gasteiger partial charge < -0.3 is 10.2 Å². The molecule has 4 nitrogen and oxygen atoms in total. The zero-order chi connectivity index (χ0) is 19.9. The SMILES string of the molecule is CC(Sc1ccccc1Cl)C(=O)NCCCC(=O)N1CCc2ccccc2C1. The van der Waals surface area contributed by atoms with E-state index >= 15 is 0 Å². The zero-order valence-corrected chi connectivity index (χ0v) is 17.6. The Kier molecular flexibility index (Phi) is 7.40. The molecule has 0 spiro atoms. The van der Waals surface area contributed by atoms with Gasteiger partial charge in [-0.1, -0.05) is 48.0 Å². The van der Waals surface area contributed by atoms with Crippen molar-refractivity contribution in [3.8, 4) is 0 Å². The lowest BCUT2D eigenvalue weighted by molar-refractivity contribution is -0.132. The minimum atomic E-state index is -0.241. The van der Waals surface area contributed by atoms with E-state index in [9.17, 15) is 9.59 Å². The molecule has 1 unspecified atom stereocenters. The van der Waals surface area contributed by atoms with Gasteiger partial charge in [0.25, 0.3) is 0 Å². The number of fused-ring (bicyclic) bond motifs is 1. The van der Waals surface area contributed by atoms with Crippen LogP contribution in [0.4, 0.5) is 0 Å². The van der Waals surface area contributed by atoms with E-state index < -0.39 is 0 Å². The van der Waals surface area contributed by atoms with E-state index in [1.54, 1.807) is 0 Å². The minimum absolute atomic E-state index is 0.0377. The average molecular weight is 417 g/mol. The van der Waals surface area contributed by atoms with E-state index in [4.69, 9.17) is 11.6 Å². The molecule has 0 bridgehead atoms. The molecule has 2 amide bonds. The first-order valence-electron chi connectivity index (χ1n) is 9.58. The van der Waals surface area contributed by atoms with Crippen molar-refractivity contribution in [1.82, 2.24) is 10.2 Å². The summed E-state index contributed by atoms with van der Waals surface area (Å²) < 4.78 is 0. The van der Waals surface area contributed by atoms with Crippen LogP contribution < -0.4 is 5.32 Å². The molecule has 0 fully saturated rings. The Morgan fingerprint density at radius 2 is 1.86 bits per heavy atom. The van der Waals surface area contributed by atoms with Crippen LogP contribution in [-0.2, 0) is 22.6 Å². The molecule has 0 radical (unpaired) electrons. The number of halogens is 1. The van der Waals surface area contributed by atoms with Crippen LogP contribution >= 0.6 is 23.4 Å². The van der Waals surface area contributed by atoms with Gasteiger partial charge in [0.1, 0.15) is 0 Å². The van der Waals surface area contributed by atoms with Crippen LogP contribution in [0.3, 0.4) is 0 Å². The average Bonchev–Trinajstić information content (AvgIpc) is 2.72. The fourth-order valence-electron chi connectivity index (χ4n) is 3.25. The highest BCUT2D eigenvalue weighted by Gasteiger charge is 2.20. The summed E-state index contributed by atoms with van der Waals surface area (Å²) in [7, 11) is 0. The van der Waals surface area contributed by atoms with Crippen LogP contribution in [-0.4, -0.2) is 35.1 Å². The number of thioether (sulfide) groups is 1. The molecule has 1 heterocycles. The van der Waals surface area contributed by atoms with E-state index in [-0.39, 0.29) is 17.1 Å². The van der Waals surface area contributed by atoms with Crippen molar-refractivity contribution in [2.75, 3.05) is 13.1 Å². The van der Waals surface area contributed by atoms with Gasteiger partial charge in [-0.2, -0.15) is 0 Å². The van der Waals surface area contributed by atoms with Crippen molar-refractivity contribution in [3.63, 3.8) is 0 Å². The molecule has 1 atom stereocenters. The maximum absolute atomic E-state index is 12.5. The molecule has 0 saturated carbocycles. The van der Waals surface area contributed by atoms with E-state index in [2.05, 4.69) is 17.4 Å². The summed E-state index contributed by atoms with van der Waals surface area (Å²) in [6.07, 6.45) is 2.01. The summed E-state index contributed by atoms with van der Waals surface area (Å²) in [5.74, 6) is 0.117. The van der Waals surface area contributed by atoms with Gasteiger partial charge in [0.2, 0.25) is 11.8 Å². The smallest absolute Gasteiger partial charge is 0.233 e. The molecule has 0 saturated heterocycles. The molecule has 1 aliphatic rings. The summed E-state index contributed by atoms with van der Waals surface area (Å²) >= 11 is 7.59. The van der Waals surface area contributed by atoms with Gasteiger partial charge in [0.15, 0.2) is 0 Å². The highest BCUT2D eigenvalue weighted by atomic mass is 35.5. The third kappa shape index (κ3) is 5.52. The minimum Gasteiger partial charge on any atom is -0.355 e. The molecule has 148 valence electrons. The van der Waals surface area contributed by atoms with Crippen molar-refractivity contribution in [2.24, 2.45) is 0 Å². The molecule has 2 aromatic carbocycles. The lowest BCUT2D eigenvalue weighted by Gasteiger charge is -2.29. The van der Waals surface area contributed by atoms with Gasteiger partial charge in [-0.3, -0.25) is 9.59 Å². The second-order valence-corrected chi connectivity index (χ2v) is 8.71. The summed E-state index contributed by atoms with van der Waals surface area (Å²) in [5, 5.41) is 3.33. The summed E-state index contributed by atoms with van der Waals surface area (Å²) in [6.45, 7) is 3.82. The van der Waals surface area contributed by atoms with Crippen LogP contribution in [0.15, 0.2) is 53.4 Å². The number of amides is 2. The van der Waals surface area contributed by atoms with Crippen molar-refractivity contribution in [2.45, 2.75) is 42.9 Å². The van der Waals surface area contributed by atoms with Crippen molar-refractivity contribution < 1.29 is 9.59 Å². The summed E-state index contributed by atoms with van der Waals surface area (Å²) in [4.78, 5) is 27.5. The monoisotopic (exact) mass is 416 g/mol. The predicted octanol–water partition coefficient (Wildman–Crippen LogP) is 4.30. The second kappa shape index (κ2) is 9.99. The van der Waals surface area contributed by atoms with Crippen LogP contribution in [0.5, 0.6) is 0 Å². The van der Waals surface area contributed by atoms with Gasteiger partial charge in [-0.25, -0.2) is 0 Å². The lowest BCUT2D eigenvalue weighted by Crippen LogP contribution is -2.36. The standard InChI is InChI=1S/C22H25ClN2O2S/c1-16(28-20-10-5-4-9-19(20)23)22(27)24-13-6-11-21(26)25-14-12-17-7-2-3-8-18(17)15-25/h2-5,7-10,16H,6,11-15H2,1H3,(H,24,27). The molecule has 2 aromatic rings. The highest BCUT2D eigenvalue weighted by molar-refractivity contribution is 8.00. The Bertz CT molecular complexity index is 843. The first-order valence-corrected chi connectivity index (χ1v) is 10.8. The number of rotatable bonds is 7. The van der Waals surface area contributed by atoms with Crippen LogP contribution in [0.1, 0.15) is 30.9 Å². The van der Waals surface area contributed by atoms with Crippen molar-refractivity contribution >= 4 is 35.2 Å². The maximum atomic E-state index is 12.5. The topological polar surface area (TPSA) is 49.4 Å². The number of nitrogens with one attached hydrogen (secondary N) is 1. The predicted molar refractivity (Wildman–Crippen MR) is 115 cm³/mol. The molecule has 6 heteroatoms. The molecule has 0 aromatic heterocycles. The van der Waals surface area contributed by atoms with E-state index in [1.165, 1.54) is 22.9 Å². The Balaban J connectivity index is 1.38. The number of nitrogens with zero attached hydrogens (tertiary/aromatic N) is 1. The van der Waals surface area contributed by atoms with Gasteiger partial charge in [0, 0.05) is 31.0 Å². The third-order valence-corrected chi connectivity index (χ3v) is 6.48. The number of carbonyl (C=O) groups is 2. The second-order valence-electron chi connectivity index (χ2n) is 6.92. The molecular formula is C22H25ClN2O2S. The Hall–Kier alpha value is -1.98. The van der Waals surface area contributed by atoms with Gasteiger partial charge in [-0.05, 0) is 43.0 Å². The molecule has 28 heavy (non-hydrogen) atoms. The molecule has 1 N–H and O–H groups in total. The van der Waals surface area contributed by atoms with Gasteiger partial charge in [-0.15, -0.1) is 11.8 Å². The van der Waals surface area contributed by atoms with Gasteiger partial charge >= 0.3 is 0 Å². The molecule has 1 aliphatic heterocycles. The molecule has 0 aliphatic carbocycles. The maximum Gasteiger partial charge on any atom is 0.233 e. The van der Waals surface area contributed by atoms with Crippen LogP contribution in [0.25, 0.3) is 0 Å². The largest absolute Gasteiger partial charge is 0.355 e. The van der Waals surface area contributed by atoms with Crippen molar-refractivity contribution in [3.05, 3.63) is 64.7 Å². The fraction of sp³-hybridized carbons (Fsp3) is 0.364. The molecular weight excluding hydrogens is 392 g/mol. The Morgan fingerprint density at radius 3 is 2.64 bits per heavy atom. The van der Waals surface area contributed by atoms with Crippen molar-refractivity contribution in [1.29, 1.82) is 0 Å². The third-order valence-electron chi connectivity index (χ3n) is 4.86. The van der Waals surface area contributed by atoms with E-state index in [0.717, 1.165) is 17.9 Å². The first kappa shape index (κ1) is 20.7. The lowest BCUT2D eigenvalue weighted by atomic mass is 9.99. The number of hydrogen-bond acceptors (Lipinski definition) is 3. The molecule has 3 rings (SSSR count). The summed E-state index contributed by atoms with van der Waals surface area (Å²) in [6, 6.07) is 15.8. The first-order chi connectivity index (χ1) is 13.5. The number of hydrogen-bond donors (Lipinski definition) is 1. The van der Waals surface area contributed by atoms with Crippen LogP contribution in [0.2, 0.25) is 5.02 Å². The normalized spacial score (nSPS) is 14.3. The number of carbonyl (C=O) groups excluding carboxylic acids is 2. The Morgan fingerprint density at radius 1 is 1.14 bits per heavy atom. The fourth-order valence-corrected chi connectivity index (χ4v) is 4.42. The number of benzene rings is 2. The van der Waals surface area contributed by atoms with Crippen LogP contribution in [0, 0.1) is 0 Å². The summed E-state index contributed by atoms with van der Waals surface area (Å²) in [5.41, 5.74) is 2.57.